The fourth-order valence-electron chi connectivity index (χ4n) is 3.42. The molecule has 1 amide bonds. The molecule has 0 bridgehead atoms. The Morgan fingerprint density at radius 3 is 2.18 bits per heavy atom. The molecule has 204 valence electrons. The number of benzene rings is 3. The van der Waals surface area contributed by atoms with Gasteiger partial charge in [0.1, 0.15) is 18.1 Å². The van der Waals surface area contributed by atoms with Crippen molar-refractivity contribution in [3.63, 3.8) is 0 Å². The summed E-state index contributed by atoms with van der Waals surface area (Å²) in [5.41, 5.74) is 0.437. The van der Waals surface area contributed by atoms with Crippen molar-refractivity contribution >= 4 is 53.8 Å². The zero-order chi connectivity index (χ0) is 28.0. The van der Waals surface area contributed by atoms with Gasteiger partial charge in [0.05, 0.1) is 22.1 Å². The van der Waals surface area contributed by atoms with E-state index in [1.165, 1.54) is 42.6 Å². The number of thiazole rings is 1. The van der Waals surface area contributed by atoms with Gasteiger partial charge in [0.25, 0.3) is 20.0 Å². The molecule has 10 nitrogen and oxygen atoms in total. The molecule has 2 N–H and O–H groups in total. The van der Waals surface area contributed by atoms with Crippen molar-refractivity contribution < 1.29 is 30.8 Å². The first kappa shape index (κ1) is 28.0. The summed E-state index contributed by atoms with van der Waals surface area (Å²) in [6.07, 6.45) is 1.47. The Morgan fingerprint density at radius 1 is 0.949 bits per heavy atom. The van der Waals surface area contributed by atoms with E-state index in [-0.39, 0.29) is 26.3 Å². The summed E-state index contributed by atoms with van der Waals surface area (Å²) in [5.74, 6) is -0.776. The van der Waals surface area contributed by atoms with E-state index in [2.05, 4.69) is 15.0 Å². The molecule has 4 aromatic rings. The molecule has 0 saturated heterocycles. The van der Waals surface area contributed by atoms with Crippen molar-refractivity contribution in [3.05, 3.63) is 90.2 Å². The van der Waals surface area contributed by atoms with Crippen LogP contribution in [-0.4, -0.2) is 40.9 Å². The molecular formula is C25H23FN4O6S3. The van der Waals surface area contributed by atoms with Gasteiger partial charge in [-0.15, -0.1) is 11.3 Å². The molecule has 4 rings (SSSR count). The van der Waals surface area contributed by atoms with Crippen molar-refractivity contribution in [2.24, 2.45) is 0 Å². The molecule has 1 heterocycles. The summed E-state index contributed by atoms with van der Waals surface area (Å²) in [6.45, 7) is 1.61. The SMILES string of the molecule is CCOc1ccc(N(CC(=O)Nc2ccc(S(=O)(=O)Nc3nccs3)cc2)S(=O)(=O)c2ccc(F)cc2)cc1. The fraction of sp³-hybridized carbons (Fsp3) is 0.120. The van der Waals surface area contributed by atoms with Gasteiger partial charge in [-0.3, -0.25) is 13.8 Å². The Morgan fingerprint density at radius 2 is 1.59 bits per heavy atom. The Labute approximate surface area is 229 Å². The smallest absolute Gasteiger partial charge is 0.264 e. The Hall–Kier alpha value is -4.01. The zero-order valence-corrected chi connectivity index (χ0v) is 22.9. The maximum absolute atomic E-state index is 13.4. The maximum atomic E-state index is 13.4. The van der Waals surface area contributed by atoms with Crippen LogP contribution in [-0.2, 0) is 24.8 Å². The summed E-state index contributed by atoms with van der Waals surface area (Å²) < 4.78 is 74.0. The molecule has 0 radical (unpaired) electrons. The van der Waals surface area contributed by atoms with Gasteiger partial charge in [0, 0.05) is 17.3 Å². The largest absolute Gasteiger partial charge is 0.494 e. The lowest BCUT2D eigenvalue weighted by Crippen LogP contribution is -2.38. The lowest BCUT2D eigenvalue weighted by molar-refractivity contribution is -0.114. The lowest BCUT2D eigenvalue weighted by Gasteiger charge is -2.24. The number of anilines is 3. The van der Waals surface area contributed by atoms with Crippen LogP contribution < -0.4 is 19.1 Å². The molecule has 3 aromatic carbocycles. The number of halogens is 1. The number of hydrogen-bond acceptors (Lipinski definition) is 8. The number of nitrogens with zero attached hydrogens (tertiary/aromatic N) is 2. The number of aromatic nitrogens is 1. The highest BCUT2D eigenvalue weighted by Crippen LogP contribution is 2.26. The Balaban J connectivity index is 1.54. The number of amides is 1. The van der Waals surface area contributed by atoms with E-state index in [1.807, 2.05) is 6.92 Å². The van der Waals surface area contributed by atoms with E-state index in [0.717, 1.165) is 39.9 Å². The van der Waals surface area contributed by atoms with E-state index >= 15 is 0 Å². The van der Waals surface area contributed by atoms with Gasteiger partial charge < -0.3 is 10.1 Å². The molecule has 1 aromatic heterocycles. The van der Waals surface area contributed by atoms with Crippen molar-refractivity contribution in [3.8, 4) is 5.75 Å². The highest BCUT2D eigenvalue weighted by atomic mass is 32.2. The van der Waals surface area contributed by atoms with Crippen molar-refractivity contribution in [1.29, 1.82) is 0 Å². The molecule has 0 atom stereocenters. The second-order valence-corrected chi connectivity index (χ2v) is 12.3. The summed E-state index contributed by atoms with van der Waals surface area (Å²) in [6, 6.07) is 15.7. The molecule has 14 heteroatoms. The minimum atomic E-state index is -4.26. The van der Waals surface area contributed by atoms with Crippen molar-refractivity contribution in [2.75, 3.05) is 27.5 Å². The number of nitrogens with one attached hydrogen (secondary N) is 2. The molecule has 0 aliphatic rings. The van der Waals surface area contributed by atoms with Crippen molar-refractivity contribution in [2.45, 2.75) is 16.7 Å². The maximum Gasteiger partial charge on any atom is 0.264 e. The number of hydrogen-bond donors (Lipinski definition) is 2. The summed E-state index contributed by atoms with van der Waals surface area (Å²) in [5, 5.41) is 4.42. The number of ether oxygens (including phenoxy) is 1. The van der Waals surface area contributed by atoms with E-state index < -0.39 is 38.3 Å². The van der Waals surface area contributed by atoms with Gasteiger partial charge >= 0.3 is 0 Å². The first-order chi connectivity index (χ1) is 18.6. The molecular weight excluding hydrogens is 567 g/mol. The second kappa shape index (κ2) is 11.8. The molecule has 39 heavy (non-hydrogen) atoms. The number of rotatable bonds is 11. The second-order valence-electron chi connectivity index (χ2n) is 7.91. The summed E-state index contributed by atoms with van der Waals surface area (Å²) >= 11 is 1.13. The number of carbonyl (C=O) groups excluding carboxylic acids is 1. The number of sulfonamides is 2. The Bertz CT molecular complexity index is 1630. The van der Waals surface area contributed by atoms with Gasteiger partial charge in [0.15, 0.2) is 5.13 Å². The van der Waals surface area contributed by atoms with Crippen molar-refractivity contribution in [1.82, 2.24) is 4.98 Å². The third-order valence-corrected chi connectivity index (χ3v) is 9.19. The first-order valence-electron chi connectivity index (χ1n) is 11.4. The average molecular weight is 591 g/mol. The predicted octanol–water partition coefficient (Wildman–Crippen LogP) is 4.32. The Kier molecular flexibility index (Phi) is 8.47. The van der Waals surface area contributed by atoms with Crippen LogP contribution in [0.25, 0.3) is 0 Å². The van der Waals surface area contributed by atoms with Gasteiger partial charge in [-0.25, -0.2) is 26.2 Å². The van der Waals surface area contributed by atoms with Crippen LogP contribution in [0.5, 0.6) is 5.75 Å². The van der Waals surface area contributed by atoms with Crippen LogP contribution >= 0.6 is 11.3 Å². The molecule has 0 aliphatic carbocycles. The van der Waals surface area contributed by atoms with Crippen LogP contribution in [0.3, 0.4) is 0 Å². The van der Waals surface area contributed by atoms with Crippen LogP contribution in [0.1, 0.15) is 6.92 Å². The van der Waals surface area contributed by atoms with Crippen LogP contribution in [0.15, 0.2) is 94.2 Å². The lowest BCUT2D eigenvalue weighted by atomic mass is 10.3. The van der Waals surface area contributed by atoms with Crippen LogP contribution in [0.4, 0.5) is 20.9 Å². The van der Waals surface area contributed by atoms with Crippen LogP contribution in [0.2, 0.25) is 0 Å². The number of carbonyl (C=O) groups is 1. The molecule has 0 spiro atoms. The summed E-state index contributed by atoms with van der Waals surface area (Å²) in [7, 11) is -8.15. The quantitative estimate of drug-likeness (QED) is 0.266. The first-order valence-corrected chi connectivity index (χ1v) is 15.2. The van der Waals surface area contributed by atoms with Gasteiger partial charge in [-0.2, -0.15) is 0 Å². The normalized spacial score (nSPS) is 11.5. The average Bonchev–Trinajstić information content (AvgIpc) is 3.41. The molecule has 0 unspecified atom stereocenters. The van der Waals surface area contributed by atoms with E-state index in [9.17, 15) is 26.0 Å². The predicted molar refractivity (Wildman–Crippen MR) is 147 cm³/mol. The molecule has 0 aliphatic heterocycles. The molecule has 0 saturated carbocycles. The van der Waals surface area contributed by atoms with Gasteiger partial charge in [-0.1, -0.05) is 0 Å². The molecule has 0 fully saturated rings. The third kappa shape index (κ3) is 6.90. The minimum Gasteiger partial charge on any atom is -0.494 e. The highest BCUT2D eigenvalue weighted by molar-refractivity contribution is 7.93. The monoisotopic (exact) mass is 590 g/mol. The summed E-state index contributed by atoms with van der Waals surface area (Å²) in [4.78, 5) is 16.6. The zero-order valence-electron chi connectivity index (χ0n) is 20.4. The van der Waals surface area contributed by atoms with Gasteiger partial charge in [0.2, 0.25) is 5.91 Å². The standard InChI is InChI=1S/C25H23FN4O6S3/c1-2-36-21-9-7-20(8-10-21)30(39(34,35)23-11-3-18(26)4-12-23)17-24(31)28-19-5-13-22(14-6-19)38(32,33)29-25-27-15-16-37-25/h3-16H,2,17H2,1H3,(H,27,29)(H,28,31). The van der Waals surface area contributed by atoms with Gasteiger partial charge in [-0.05, 0) is 79.7 Å². The van der Waals surface area contributed by atoms with Crippen LogP contribution in [0, 0.1) is 5.82 Å². The topological polar surface area (TPSA) is 135 Å². The minimum absolute atomic E-state index is 0.0504. The van der Waals surface area contributed by atoms with E-state index in [4.69, 9.17) is 4.74 Å². The highest BCUT2D eigenvalue weighted by Gasteiger charge is 2.27. The fourth-order valence-corrected chi connectivity index (χ4v) is 6.63. The van der Waals surface area contributed by atoms with E-state index in [0.29, 0.717) is 12.4 Å². The van der Waals surface area contributed by atoms with E-state index in [1.54, 1.807) is 17.5 Å². The third-order valence-electron chi connectivity index (χ3n) is 5.23.